The Hall–Kier alpha value is -1.39. The molecule has 0 amide bonds. The summed E-state index contributed by atoms with van der Waals surface area (Å²) in [6.07, 6.45) is 1.81. The van der Waals surface area contributed by atoms with Crippen molar-refractivity contribution in [1.82, 2.24) is 4.90 Å². The van der Waals surface area contributed by atoms with Crippen LogP contribution in [0.1, 0.15) is 18.4 Å². The third-order valence-electron chi connectivity index (χ3n) is 3.23. The molecule has 4 heteroatoms. The second kappa shape index (κ2) is 5.29. The first kappa shape index (κ1) is 12.1. The molecule has 0 aromatic heterocycles. The van der Waals surface area contributed by atoms with Crippen LogP contribution >= 0.6 is 0 Å². The molecule has 17 heavy (non-hydrogen) atoms. The third kappa shape index (κ3) is 3.28. The third-order valence-corrected chi connectivity index (χ3v) is 3.23. The van der Waals surface area contributed by atoms with E-state index >= 15 is 0 Å². The summed E-state index contributed by atoms with van der Waals surface area (Å²) in [6.45, 7) is 0.775. The number of carboxylic acids is 1. The number of carboxylic acid groups (broad SMARTS) is 1. The van der Waals surface area contributed by atoms with E-state index in [1.165, 1.54) is 0 Å². The van der Waals surface area contributed by atoms with Crippen molar-refractivity contribution in [1.29, 1.82) is 0 Å². The van der Waals surface area contributed by atoms with E-state index in [1.807, 2.05) is 35.2 Å². The first-order valence-electron chi connectivity index (χ1n) is 5.90. The van der Waals surface area contributed by atoms with Gasteiger partial charge in [0.15, 0.2) is 0 Å². The number of hydrogen-bond donors (Lipinski definition) is 2. The van der Waals surface area contributed by atoms with Crippen molar-refractivity contribution in [2.24, 2.45) is 5.73 Å². The quantitative estimate of drug-likeness (QED) is 0.799. The molecule has 1 aliphatic rings. The lowest BCUT2D eigenvalue weighted by atomic mass is 9.86. The van der Waals surface area contributed by atoms with Crippen LogP contribution in [0.15, 0.2) is 30.3 Å². The maximum absolute atomic E-state index is 10.9. The van der Waals surface area contributed by atoms with Gasteiger partial charge in [-0.15, -0.1) is 0 Å². The van der Waals surface area contributed by atoms with Crippen LogP contribution in [-0.4, -0.2) is 34.6 Å². The zero-order chi connectivity index (χ0) is 12.3. The first-order valence-corrected chi connectivity index (χ1v) is 5.90. The zero-order valence-corrected chi connectivity index (χ0v) is 9.75. The van der Waals surface area contributed by atoms with Gasteiger partial charge in [0.25, 0.3) is 0 Å². The Morgan fingerprint density at radius 2 is 2.00 bits per heavy atom. The lowest BCUT2D eigenvalue weighted by Gasteiger charge is -2.40. The van der Waals surface area contributed by atoms with Gasteiger partial charge in [-0.25, -0.2) is 0 Å². The molecule has 0 unspecified atom stereocenters. The van der Waals surface area contributed by atoms with Gasteiger partial charge < -0.3 is 10.8 Å². The lowest BCUT2D eigenvalue weighted by Crippen LogP contribution is -2.51. The largest absolute Gasteiger partial charge is 0.480 e. The summed E-state index contributed by atoms with van der Waals surface area (Å²) in [7, 11) is 0. The normalized spacial score (nSPS) is 23.4. The topological polar surface area (TPSA) is 66.6 Å². The molecule has 1 aromatic carbocycles. The van der Waals surface area contributed by atoms with E-state index in [9.17, 15) is 4.79 Å². The van der Waals surface area contributed by atoms with E-state index in [0.717, 1.165) is 18.4 Å². The molecule has 4 nitrogen and oxygen atoms in total. The van der Waals surface area contributed by atoms with Crippen molar-refractivity contribution in [3.05, 3.63) is 35.9 Å². The number of rotatable bonds is 5. The van der Waals surface area contributed by atoms with Gasteiger partial charge in [-0.05, 0) is 18.4 Å². The summed E-state index contributed by atoms with van der Waals surface area (Å²) in [4.78, 5) is 12.9. The van der Waals surface area contributed by atoms with Gasteiger partial charge in [0.05, 0.1) is 6.54 Å². The molecular weight excluding hydrogens is 216 g/mol. The smallest absolute Gasteiger partial charge is 0.317 e. The number of carbonyl (C=O) groups is 1. The molecule has 1 aliphatic carbocycles. The Kier molecular flexibility index (Phi) is 3.76. The maximum Gasteiger partial charge on any atom is 0.317 e. The molecule has 1 aromatic rings. The summed E-state index contributed by atoms with van der Waals surface area (Å²) < 4.78 is 0. The van der Waals surface area contributed by atoms with E-state index in [0.29, 0.717) is 12.6 Å². The van der Waals surface area contributed by atoms with Crippen LogP contribution in [0, 0.1) is 0 Å². The molecule has 0 aliphatic heterocycles. The fraction of sp³-hybridized carbons (Fsp3) is 0.462. The fourth-order valence-corrected chi connectivity index (χ4v) is 2.23. The minimum atomic E-state index is -0.776. The van der Waals surface area contributed by atoms with Crippen LogP contribution in [0.25, 0.3) is 0 Å². The van der Waals surface area contributed by atoms with Crippen LogP contribution in [0.3, 0.4) is 0 Å². The number of nitrogens with zero attached hydrogens (tertiary/aromatic N) is 1. The standard InChI is InChI=1S/C13H18N2O2/c14-11-6-12(7-11)15(9-13(16)17)8-10-4-2-1-3-5-10/h1-5,11-12H,6-9,14H2,(H,16,17). The van der Waals surface area contributed by atoms with Gasteiger partial charge in [-0.3, -0.25) is 9.69 Å². The summed E-state index contributed by atoms with van der Waals surface area (Å²) in [6, 6.07) is 10.5. The maximum atomic E-state index is 10.9. The van der Waals surface area contributed by atoms with Crippen LogP contribution < -0.4 is 5.73 Å². The van der Waals surface area contributed by atoms with Gasteiger partial charge in [0.2, 0.25) is 0 Å². The Morgan fingerprint density at radius 3 is 2.53 bits per heavy atom. The van der Waals surface area contributed by atoms with E-state index in [-0.39, 0.29) is 12.6 Å². The van der Waals surface area contributed by atoms with E-state index in [1.54, 1.807) is 0 Å². The van der Waals surface area contributed by atoms with E-state index in [4.69, 9.17) is 10.8 Å². The molecule has 2 rings (SSSR count). The molecule has 0 heterocycles. The molecule has 1 fully saturated rings. The van der Waals surface area contributed by atoms with Gasteiger partial charge >= 0.3 is 5.97 Å². The Morgan fingerprint density at radius 1 is 1.35 bits per heavy atom. The first-order chi connectivity index (χ1) is 8.15. The molecule has 3 N–H and O–H groups in total. The van der Waals surface area contributed by atoms with Crippen LogP contribution in [-0.2, 0) is 11.3 Å². The second-order valence-electron chi connectivity index (χ2n) is 4.67. The molecular formula is C13H18N2O2. The molecule has 0 spiro atoms. The SMILES string of the molecule is NC1CC(N(CC(=O)O)Cc2ccccc2)C1. The predicted octanol–water partition coefficient (Wildman–Crippen LogP) is 1.06. The Labute approximate surface area is 101 Å². The van der Waals surface area contributed by atoms with Crippen molar-refractivity contribution in [3.63, 3.8) is 0 Å². The van der Waals surface area contributed by atoms with Crippen molar-refractivity contribution in [3.8, 4) is 0 Å². The van der Waals surface area contributed by atoms with Gasteiger partial charge in [0, 0.05) is 18.6 Å². The van der Waals surface area contributed by atoms with Gasteiger partial charge in [-0.1, -0.05) is 30.3 Å². The number of benzene rings is 1. The molecule has 0 atom stereocenters. The fourth-order valence-electron chi connectivity index (χ4n) is 2.23. The van der Waals surface area contributed by atoms with Gasteiger partial charge in [0.1, 0.15) is 0 Å². The number of aliphatic carboxylic acids is 1. The van der Waals surface area contributed by atoms with Gasteiger partial charge in [-0.2, -0.15) is 0 Å². The summed E-state index contributed by atoms with van der Waals surface area (Å²) in [5.41, 5.74) is 6.90. The molecule has 0 bridgehead atoms. The predicted molar refractivity (Wildman–Crippen MR) is 65.5 cm³/mol. The average molecular weight is 234 g/mol. The van der Waals surface area contributed by atoms with Crippen molar-refractivity contribution >= 4 is 5.97 Å². The molecule has 0 saturated heterocycles. The highest BCUT2D eigenvalue weighted by Gasteiger charge is 2.32. The van der Waals surface area contributed by atoms with Crippen LogP contribution in [0.4, 0.5) is 0 Å². The van der Waals surface area contributed by atoms with E-state index < -0.39 is 5.97 Å². The van der Waals surface area contributed by atoms with Crippen LogP contribution in [0.2, 0.25) is 0 Å². The summed E-state index contributed by atoms with van der Waals surface area (Å²) >= 11 is 0. The Bertz CT molecular complexity index is 374. The zero-order valence-electron chi connectivity index (χ0n) is 9.75. The minimum absolute atomic E-state index is 0.0896. The van der Waals surface area contributed by atoms with Crippen molar-refractivity contribution in [2.45, 2.75) is 31.5 Å². The summed E-state index contributed by atoms with van der Waals surface area (Å²) in [5, 5.41) is 8.92. The molecule has 1 saturated carbocycles. The number of hydrogen-bond acceptors (Lipinski definition) is 3. The minimum Gasteiger partial charge on any atom is -0.480 e. The molecule has 0 radical (unpaired) electrons. The summed E-state index contributed by atoms with van der Waals surface area (Å²) in [5.74, 6) is -0.776. The highest BCUT2D eigenvalue weighted by atomic mass is 16.4. The second-order valence-corrected chi connectivity index (χ2v) is 4.67. The van der Waals surface area contributed by atoms with Crippen molar-refractivity contribution in [2.75, 3.05) is 6.54 Å². The Balaban J connectivity index is 1.98. The highest BCUT2D eigenvalue weighted by Crippen LogP contribution is 2.25. The number of nitrogens with two attached hydrogens (primary N) is 1. The van der Waals surface area contributed by atoms with Crippen LogP contribution in [0.5, 0.6) is 0 Å². The molecule has 92 valence electrons. The average Bonchev–Trinajstić information content (AvgIpc) is 2.25. The lowest BCUT2D eigenvalue weighted by molar-refractivity contribution is -0.139. The monoisotopic (exact) mass is 234 g/mol. The van der Waals surface area contributed by atoms with Crippen molar-refractivity contribution < 1.29 is 9.90 Å². The highest BCUT2D eigenvalue weighted by molar-refractivity contribution is 5.69. The van der Waals surface area contributed by atoms with E-state index in [2.05, 4.69) is 0 Å².